The Hall–Kier alpha value is -1.66. The number of nitrogen functional groups attached to an aromatic ring is 1. The van der Waals surface area contributed by atoms with Gasteiger partial charge in [-0.05, 0) is 41.9 Å². The Bertz CT molecular complexity index is 574. The van der Waals surface area contributed by atoms with E-state index in [0.29, 0.717) is 23.3 Å². The monoisotopic (exact) mass is 308 g/mol. The molecule has 1 aromatic carbocycles. The maximum absolute atomic E-state index is 5.77. The van der Waals surface area contributed by atoms with Crippen molar-refractivity contribution >= 4 is 21.7 Å². The fourth-order valence-electron chi connectivity index (χ4n) is 1.47. The Morgan fingerprint density at radius 3 is 2.61 bits per heavy atom. The largest absolute Gasteiger partial charge is 0.437 e. The third-order valence-electron chi connectivity index (χ3n) is 2.39. The lowest BCUT2D eigenvalue weighted by atomic mass is 10.3. The van der Waals surface area contributed by atoms with Crippen molar-refractivity contribution in [1.82, 2.24) is 9.97 Å². The number of nitrogens with zero attached hydrogens (tertiary/aromatic N) is 2. The molecule has 0 aliphatic rings. The summed E-state index contributed by atoms with van der Waals surface area (Å²) in [6.45, 7) is 3.63. The lowest BCUT2D eigenvalue weighted by molar-refractivity contribution is 0.453. The predicted octanol–water partition coefficient (Wildman–Crippen LogP) is 2.93. The number of rotatable bonds is 3. The van der Waals surface area contributed by atoms with E-state index >= 15 is 0 Å². The molecule has 0 bridgehead atoms. The first-order valence-electron chi connectivity index (χ1n) is 5.36. The van der Waals surface area contributed by atoms with E-state index in [4.69, 9.17) is 10.6 Å². The number of halogens is 1. The maximum atomic E-state index is 5.77. The molecule has 0 unspecified atom stereocenters. The average molecular weight is 309 g/mol. The minimum Gasteiger partial charge on any atom is -0.437 e. The van der Waals surface area contributed by atoms with Gasteiger partial charge in [0.2, 0.25) is 5.88 Å². The number of hydrogen-bond donors (Lipinski definition) is 2. The van der Waals surface area contributed by atoms with E-state index in [0.717, 1.165) is 10.0 Å². The predicted molar refractivity (Wildman–Crippen MR) is 73.5 cm³/mol. The fraction of sp³-hybridized carbons (Fsp3) is 0.167. The fourth-order valence-corrected chi connectivity index (χ4v) is 1.84. The minimum atomic E-state index is 0.488. The Morgan fingerprint density at radius 1 is 1.22 bits per heavy atom. The van der Waals surface area contributed by atoms with E-state index in [1.54, 1.807) is 6.92 Å². The molecule has 1 aromatic heterocycles. The van der Waals surface area contributed by atoms with Gasteiger partial charge in [0, 0.05) is 0 Å². The number of hydrazine groups is 1. The first-order valence-corrected chi connectivity index (χ1v) is 6.15. The Labute approximate surface area is 113 Å². The number of anilines is 1. The van der Waals surface area contributed by atoms with Crippen LogP contribution in [-0.4, -0.2) is 9.97 Å². The van der Waals surface area contributed by atoms with Gasteiger partial charge in [0.05, 0.1) is 10.0 Å². The highest BCUT2D eigenvalue weighted by Crippen LogP contribution is 2.31. The van der Waals surface area contributed by atoms with E-state index in [-0.39, 0.29) is 0 Å². The highest BCUT2D eigenvalue weighted by Gasteiger charge is 2.11. The van der Waals surface area contributed by atoms with Crippen LogP contribution in [0.2, 0.25) is 0 Å². The number of ether oxygens (including phenoxy) is 1. The summed E-state index contributed by atoms with van der Waals surface area (Å²) in [6.07, 6.45) is 0. The normalized spacial score (nSPS) is 10.2. The molecule has 0 radical (unpaired) electrons. The van der Waals surface area contributed by atoms with Crippen molar-refractivity contribution in [2.24, 2.45) is 5.84 Å². The second-order valence-electron chi connectivity index (χ2n) is 3.73. The molecule has 2 rings (SSSR count). The molecule has 6 heteroatoms. The van der Waals surface area contributed by atoms with Gasteiger partial charge in [-0.25, -0.2) is 10.8 Å². The molecular formula is C12H13BrN4O. The molecule has 3 N–H and O–H groups in total. The minimum absolute atomic E-state index is 0.488. The van der Waals surface area contributed by atoms with Crippen molar-refractivity contribution in [3.8, 4) is 11.6 Å². The molecule has 18 heavy (non-hydrogen) atoms. The number of hydrogen-bond acceptors (Lipinski definition) is 5. The number of nitrogens with two attached hydrogens (primary N) is 1. The van der Waals surface area contributed by atoms with Gasteiger partial charge in [0.25, 0.3) is 0 Å². The zero-order chi connectivity index (χ0) is 13.1. The number of benzene rings is 1. The van der Waals surface area contributed by atoms with Crippen LogP contribution in [0.1, 0.15) is 11.4 Å². The molecule has 0 atom stereocenters. The van der Waals surface area contributed by atoms with E-state index in [2.05, 4.69) is 31.3 Å². The van der Waals surface area contributed by atoms with Gasteiger partial charge in [0.1, 0.15) is 17.4 Å². The molecule has 0 spiro atoms. The first kappa shape index (κ1) is 12.8. The molecule has 2 aromatic rings. The molecule has 1 heterocycles. The molecule has 0 amide bonds. The molecular weight excluding hydrogens is 296 g/mol. The van der Waals surface area contributed by atoms with Gasteiger partial charge < -0.3 is 10.2 Å². The van der Waals surface area contributed by atoms with Gasteiger partial charge in [0.15, 0.2) is 0 Å². The third kappa shape index (κ3) is 2.60. The van der Waals surface area contributed by atoms with E-state index < -0.39 is 0 Å². The van der Waals surface area contributed by atoms with Gasteiger partial charge in [-0.15, -0.1) is 0 Å². The summed E-state index contributed by atoms with van der Waals surface area (Å²) >= 11 is 3.42. The summed E-state index contributed by atoms with van der Waals surface area (Å²) in [7, 11) is 0. The van der Waals surface area contributed by atoms with E-state index in [9.17, 15) is 0 Å². The summed E-state index contributed by atoms with van der Waals surface area (Å²) in [6, 6.07) is 7.57. The Kier molecular flexibility index (Phi) is 3.78. The van der Waals surface area contributed by atoms with Crippen molar-refractivity contribution in [2.45, 2.75) is 13.8 Å². The maximum Gasteiger partial charge on any atom is 0.227 e. The smallest absolute Gasteiger partial charge is 0.227 e. The van der Waals surface area contributed by atoms with Crippen LogP contribution in [0.4, 0.5) is 5.82 Å². The zero-order valence-electron chi connectivity index (χ0n) is 10.1. The van der Waals surface area contributed by atoms with Crippen molar-refractivity contribution in [3.05, 3.63) is 40.1 Å². The molecule has 0 saturated heterocycles. The second kappa shape index (κ2) is 5.32. The summed E-state index contributed by atoms with van der Waals surface area (Å²) in [5.41, 5.74) is 3.30. The van der Waals surface area contributed by atoms with Crippen molar-refractivity contribution in [2.75, 3.05) is 5.43 Å². The molecule has 0 fully saturated rings. The van der Waals surface area contributed by atoms with Crippen LogP contribution < -0.4 is 16.0 Å². The van der Waals surface area contributed by atoms with Crippen LogP contribution in [0.25, 0.3) is 0 Å². The SMILES string of the molecule is Cc1nc(NN)c(C)c(Oc2ccccc2Br)n1. The summed E-state index contributed by atoms with van der Waals surface area (Å²) in [4.78, 5) is 8.44. The quantitative estimate of drug-likeness (QED) is 0.673. The van der Waals surface area contributed by atoms with Crippen LogP contribution in [0.15, 0.2) is 28.7 Å². The number of aryl methyl sites for hydroxylation is 1. The van der Waals surface area contributed by atoms with Crippen molar-refractivity contribution in [3.63, 3.8) is 0 Å². The van der Waals surface area contributed by atoms with Crippen LogP contribution in [-0.2, 0) is 0 Å². The molecule has 0 saturated carbocycles. The standard InChI is InChI=1S/C12H13BrN4O/c1-7-11(17-14)15-8(2)16-12(7)18-10-6-4-3-5-9(10)13/h3-6H,14H2,1-2H3,(H,15,16,17). The van der Waals surface area contributed by atoms with Gasteiger partial charge >= 0.3 is 0 Å². The summed E-state index contributed by atoms with van der Waals surface area (Å²) in [5, 5.41) is 0. The first-order chi connectivity index (χ1) is 8.61. The molecule has 5 nitrogen and oxygen atoms in total. The van der Waals surface area contributed by atoms with Crippen molar-refractivity contribution in [1.29, 1.82) is 0 Å². The lowest BCUT2D eigenvalue weighted by Gasteiger charge is -2.12. The topological polar surface area (TPSA) is 73.1 Å². The number of nitrogens with one attached hydrogen (secondary N) is 1. The number of aromatic nitrogens is 2. The highest BCUT2D eigenvalue weighted by atomic mass is 79.9. The van der Waals surface area contributed by atoms with Crippen LogP contribution >= 0.6 is 15.9 Å². The average Bonchev–Trinajstić information content (AvgIpc) is 2.36. The Balaban J connectivity index is 2.40. The highest BCUT2D eigenvalue weighted by molar-refractivity contribution is 9.10. The van der Waals surface area contributed by atoms with Gasteiger partial charge in [-0.3, -0.25) is 0 Å². The number of para-hydroxylation sites is 1. The van der Waals surface area contributed by atoms with Crippen LogP contribution in [0.3, 0.4) is 0 Å². The molecule has 0 aliphatic heterocycles. The molecule has 0 aliphatic carbocycles. The van der Waals surface area contributed by atoms with E-state index in [1.807, 2.05) is 31.2 Å². The summed E-state index contributed by atoms with van der Waals surface area (Å²) in [5.74, 6) is 7.74. The second-order valence-corrected chi connectivity index (χ2v) is 4.58. The van der Waals surface area contributed by atoms with Gasteiger partial charge in [-0.1, -0.05) is 12.1 Å². The van der Waals surface area contributed by atoms with Crippen LogP contribution in [0, 0.1) is 13.8 Å². The zero-order valence-corrected chi connectivity index (χ0v) is 11.7. The van der Waals surface area contributed by atoms with Crippen molar-refractivity contribution < 1.29 is 4.74 Å². The van der Waals surface area contributed by atoms with Crippen LogP contribution in [0.5, 0.6) is 11.6 Å². The third-order valence-corrected chi connectivity index (χ3v) is 3.05. The molecule has 94 valence electrons. The summed E-state index contributed by atoms with van der Waals surface area (Å²) < 4.78 is 6.63. The van der Waals surface area contributed by atoms with Gasteiger partial charge in [-0.2, -0.15) is 4.98 Å². The lowest BCUT2D eigenvalue weighted by Crippen LogP contribution is -2.12. The Morgan fingerprint density at radius 2 is 1.94 bits per heavy atom. The van der Waals surface area contributed by atoms with E-state index in [1.165, 1.54) is 0 Å².